The van der Waals surface area contributed by atoms with Crippen molar-refractivity contribution in [3.05, 3.63) is 0 Å². The molecule has 82 valence electrons. The molecule has 2 N–H and O–H groups in total. The van der Waals surface area contributed by atoms with Gasteiger partial charge in [-0.2, -0.15) is 0 Å². The van der Waals surface area contributed by atoms with Gasteiger partial charge >= 0.3 is 0 Å². The Morgan fingerprint density at radius 3 is 2.43 bits per heavy atom. The Hall–Kier alpha value is -0.120. The van der Waals surface area contributed by atoms with E-state index < -0.39 is 0 Å². The van der Waals surface area contributed by atoms with Gasteiger partial charge in [-0.15, -0.1) is 0 Å². The maximum absolute atomic E-state index is 5.79. The summed E-state index contributed by atoms with van der Waals surface area (Å²) in [7, 11) is 0. The first-order valence-electron chi connectivity index (χ1n) is 5.60. The molecule has 1 unspecified atom stereocenters. The van der Waals surface area contributed by atoms with Gasteiger partial charge in [0.25, 0.3) is 0 Å². The highest BCUT2D eigenvalue weighted by atomic mass is 16.5. The maximum atomic E-state index is 5.79. The highest BCUT2D eigenvalue weighted by Crippen LogP contribution is 2.44. The Balaban J connectivity index is 1.52. The molecule has 0 aromatic carbocycles. The molecule has 1 saturated heterocycles. The van der Waals surface area contributed by atoms with Crippen molar-refractivity contribution in [2.24, 2.45) is 5.41 Å². The first-order valence-corrected chi connectivity index (χ1v) is 5.60. The second-order valence-corrected chi connectivity index (χ2v) is 5.60. The fourth-order valence-corrected chi connectivity index (χ4v) is 1.93. The summed E-state index contributed by atoms with van der Waals surface area (Å²) in [6, 6.07) is 0.721. The van der Waals surface area contributed by atoms with Gasteiger partial charge in [-0.25, -0.2) is 0 Å². The molecule has 1 heterocycles. The third-order valence-corrected chi connectivity index (χ3v) is 3.45. The van der Waals surface area contributed by atoms with Gasteiger partial charge in [-0.05, 0) is 18.8 Å². The molecule has 0 radical (unpaired) electrons. The summed E-state index contributed by atoms with van der Waals surface area (Å²) in [5.74, 6) is 0. The monoisotopic (exact) mass is 198 g/mol. The van der Waals surface area contributed by atoms with E-state index in [1.165, 1.54) is 6.42 Å². The highest BCUT2D eigenvalue weighted by molar-refractivity contribution is 5.01. The van der Waals surface area contributed by atoms with Crippen molar-refractivity contribution < 1.29 is 4.74 Å². The van der Waals surface area contributed by atoms with Crippen molar-refractivity contribution in [3.8, 4) is 0 Å². The summed E-state index contributed by atoms with van der Waals surface area (Å²) in [5.41, 5.74) is 0.642. The second kappa shape index (κ2) is 3.47. The van der Waals surface area contributed by atoms with E-state index >= 15 is 0 Å². The summed E-state index contributed by atoms with van der Waals surface area (Å²) >= 11 is 0. The van der Waals surface area contributed by atoms with Gasteiger partial charge in [-0.1, -0.05) is 13.8 Å². The fourth-order valence-electron chi connectivity index (χ4n) is 1.93. The Morgan fingerprint density at radius 1 is 1.36 bits per heavy atom. The molecule has 2 fully saturated rings. The summed E-state index contributed by atoms with van der Waals surface area (Å²) in [4.78, 5) is 0. The van der Waals surface area contributed by atoms with Crippen LogP contribution in [0.2, 0.25) is 0 Å². The average Bonchev–Trinajstić information content (AvgIpc) is 2.65. The largest absolute Gasteiger partial charge is 0.371 e. The molecule has 0 aromatic heterocycles. The zero-order valence-electron chi connectivity index (χ0n) is 9.52. The highest BCUT2D eigenvalue weighted by Gasteiger charge is 2.45. The lowest BCUT2D eigenvalue weighted by Gasteiger charge is -2.39. The van der Waals surface area contributed by atoms with Gasteiger partial charge in [0, 0.05) is 25.7 Å². The second-order valence-electron chi connectivity index (χ2n) is 5.60. The molecule has 1 aliphatic carbocycles. The van der Waals surface area contributed by atoms with Gasteiger partial charge in [0.05, 0.1) is 12.2 Å². The molecule has 1 atom stereocenters. The van der Waals surface area contributed by atoms with Crippen LogP contribution in [-0.4, -0.2) is 37.9 Å². The summed E-state index contributed by atoms with van der Waals surface area (Å²) in [5, 5.41) is 6.75. The molecular weight excluding hydrogens is 176 g/mol. The number of rotatable bonds is 5. The van der Waals surface area contributed by atoms with E-state index in [0.29, 0.717) is 5.41 Å². The Morgan fingerprint density at radius 2 is 2.00 bits per heavy atom. The molecule has 1 saturated carbocycles. The van der Waals surface area contributed by atoms with Crippen LogP contribution in [0.5, 0.6) is 0 Å². The minimum Gasteiger partial charge on any atom is -0.371 e. The Labute approximate surface area is 86.6 Å². The molecule has 2 aliphatic rings. The van der Waals surface area contributed by atoms with Crippen LogP contribution >= 0.6 is 0 Å². The molecule has 0 bridgehead atoms. The first kappa shape index (κ1) is 10.4. The molecule has 14 heavy (non-hydrogen) atoms. The summed E-state index contributed by atoms with van der Waals surface area (Å²) in [6.45, 7) is 10.6. The van der Waals surface area contributed by atoms with E-state index in [2.05, 4.69) is 31.4 Å². The van der Waals surface area contributed by atoms with E-state index in [-0.39, 0.29) is 5.60 Å². The Bertz CT molecular complexity index is 211. The van der Waals surface area contributed by atoms with E-state index in [0.717, 1.165) is 32.3 Å². The molecule has 2 rings (SSSR count). The molecule has 0 amide bonds. The van der Waals surface area contributed by atoms with Crippen LogP contribution in [0, 0.1) is 5.41 Å². The molecular formula is C11H22N2O. The van der Waals surface area contributed by atoms with Gasteiger partial charge in [0.15, 0.2) is 0 Å². The first-order chi connectivity index (χ1) is 6.52. The fraction of sp³-hybridized carbons (Fsp3) is 1.00. The zero-order valence-corrected chi connectivity index (χ0v) is 9.52. The number of ether oxygens (including phenoxy) is 1. The minimum atomic E-state index is 0.112. The van der Waals surface area contributed by atoms with E-state index in [9.17, 15) is 0 Å². The molecule has 1 aliphatic heterocycles. The van der Waals surface area contributed by atoms with Crippen molar-refractivity contribution in [2.75, 3.05) is 26.2 Å². The third kappa shape index (κ3) is 2.27. The smallest absolute Gasteiger partial charge is 0.0902 e. The van der Waals surface area contributed by atoms with Crippen LogP contribution in [-0.2, 0) is 4.74 Å². The van der Waals surface area contributed by atoms with Gasteiger partial charge in [0.1, 0.15) is 0 Å². The lowest BCUT2D eigenvalue weighted by atomic mass is 10.0. The maximum Gasteiger partial charge on any atom is 0.0902 e. The van der Waals surface area contributed by atoms with Crippen molar-refractivity contribution in [3.63, 3.8) is 0 Å². The minimum absolute atomic E-state index is 0.112. The van der Waals surface area contributed by atoms with Gasteiger partial charge in [-0.3, -0.25) is 0 Å². The van der Waals surface area contributed by atoms with Crippen molar-refractivity contribution in [2.45, 2.75) is 38.8 Å². The normalized spacial score (nSPS) is 32.4. The SMILES string of the molecule is CC1(OCCNC2CC2(C)C)CNC1. The molecule has 3 heteroatoms. The number of hydrogen-bond acceptors (Lipinski definition) is 3. The van der Waals surface area contributed by atoms with E-state index in [1.54, 1.807) is 0 Å². The van der Waals surface area contributed by atoms with E-state index in [1.807, 2.05) is 0 Å². The predicted octanol–water partition coefficient (Wildman–Crippen LogP) is 0.753. The summed E-state index contributed by atoms with van der Waals surface area (Å²) < 4.78 is 5.79. The molecule has 0 spiro atoms. The third-order valence-electron chi connectivity index (χ3n) is 3.45. The van der Waals surface area contributed by atoms with Crippen LogP contribution in [0.4, 0.5) is 0 Å². The lowest BCUT2D eigenvalue weighted by Crippen LogP contribution is -2.59. The Kier molecular flexibility index (Phi) is 2.58. The van der Waals surface area contributed by atoms with Crippen LogP contribution in [0.1, 0.15) is 27.2 Å². The van der Waals surface area contributed by atoms with Crippen LogP contribution < -0.4 is 10.6 Å². The van der Waals surface area contributed by atoms with Crippen LogP contribution in [0.15, 0.2) is 0 Å². The number of hydrogen-bond donors (Lipinski definition) is 2. The number of nitrogens with one attached hydrogen (secondary N) is 2. The average molecular weight is 198 g/mol. The van der Waals surface area contributed by atoms with Crippen molar-refractivity contribution in [1.29, 1.82) is 0 Å². The zero-order chi connectivity index (χ0) is 10.2. The molecule has 3 nitrogen and oxygen atoms in total. The topological polar surface area (TPSA) is 33.3 Å². The van der Waals surface area contributed by atoms with Gasteiger partial charge in [0.2, 0.25) is 0 Å². The van der Waals surface area contributed by atoms with E-state index in [4.69, 9.17) is 4.74 Å². The van der Waals surface area contributed by atoms with Crippen molar-refractivity contribution >= 4 is 0 Å². The molecule has 0 aromatic rings. The lowest BCUT2D eigenvalue weighted by molar-refractivity contribution is -0.0649. The van der Waals surface area contributed by atoms with Crippen molar-refractivity contribution in [1.82, 2.24) is 10.6 Å². The standard InChI is InChI=1S/C11H22N2O/c1-10(2)6-9(10)13-4-5-14-11(3)7-12-8-11/h9,12-13H,4-8H2,1-3H3. The van der Waals surface area contributed by atoms with Crippen LogP contribution in [0.25, 0.3) is 0 Å². The van der Waals surface area contributed by atoms with Gasteiger partial charge < -0.3 is 15.4 Å². The van der Waals surface area contributed by atoms with Crippen LogP contribution in [0.3, 0.4) is 0 Å². The quantitative estimate of drug-likeness (QED) is 0.640. The summed E-state index contributed by atoms with van der Waals surface area (Å²) in [6.07, 6.45) is 1.31. The predicted molar refractivity (Wildman–Crippen MR) is 57.4 cm³/mol.